The van der Waals surface area contributed by atoms with E-state index in [-0.39, 0.29) is 29.2 Å². The molecule has 1 saturated carbocycles. The number of amides is 1. The van der Waals surface area contributed by atoms with E-state index in [2.05, 4.69) is 21.0 Å². The molecule has 2 fully saturated rings. The monoisotopic (exact) mass is 524 g/mol. The van der Waals surface area contributed by atoms with Crippen molar-refractivity contribution in [2.45, 2.75) is 31.7 Å². The van der Waals surface area contributed by atoms with Gasteiger partial charge in [-0.05, 0) is 49.8 Å². The van der Waals surface area contributed by atoms with E-state index in [1.807, 2.05) is 6.07 Å². The Hall–Kier alpha value is -4.85. The van der Waals surface area contributed by atoms with Crippen molar-refractivity contribution >= 4 is 22.8 Å². The number of piperidine rings is 1. The van der Waals surface area contributed by atoms with Gasteiger partial charge in [0.25, 0.3) is 11.8 Å². The van der Waals surface area contributed by atoms with Crippen molar-refractivity contribution in [3.8, 4) is 29.0 Å². The third kappa shape index (κ3) is 4.88. The molecular formula is C28H25FN8O2. The minimum Gasteiger partial charge on any atom is -0.436 e. The predicted molar refractivity (Wildman–Crippen MR) is 141 cm³/mol. The van der Waals surface area contributed by atoms with Crippen molar-refractivity contribution in [2.75, 3.05) is 18.8 Å². The molecule has 1 atom stereocenters. The van der Waals surface area contributed by atoms with Crippen LogP contribution in [-0.4, -0.2) is 48.6 Å². The van der Waals surface area contributed by atoms with Crippen LogP contribution >= 0.6 is 0 Å². The lowest BCUT2D eigenvalue weighted by atomic mass is 10.0. The lowest BCUT2D eigenvalue weighted by Crippen LogP contribution is -2.41. The fourth-order valence-electron chi connectivity index (χ4n) is 4.85. The lowest BCUT2D eigenvalue weighted by molar-refractivity contribution is -0.128. The highest BCUT2D eigenvalue weighted by atomic mass is 19.1. The normalized spacial score (nSPS) is 17.7. The number of likely N-dealkylation sites (tertiary alicyclic amines) is 1. The van der Waals surface area contributed by atoms with E-state index in [9.17, 15) is 10.1 Å². The molecule has 11 heteroatoms. The number of fused-ring (bicyclic) bond motifs is 1. The number of hydrogen-bond donors (Lipinski definition) is 1. The molecule has 39 heavy (non-hydrogen) atoms. The van der Waals surface area contributed by atoms with Crippen LogP contribution < -0.4 is 10.5 Å². The third-order valence-electron chi connectivity index (χ3n) is 6.96. The molecule has 1 saturated heterocycles. The highest BCUT2D eigenvalue weighted by Crippen LogP contribution is 2.36. The summed E-state index contributed by atoms with van der Waals surface area (Å²) in [6.07, 6.45) is 8.11. The zero-order chi connectivity index (χ0) is 26.9. The average molecular weight is 525 g/mol. The van der Waals surface area contributed by atoms with Crippen LogP contribution in [0, 0.1) is 23.1 Å². The number of nitriles is 1. The van der Waals surface area contributed by atoms with Crippen molar-refractivity contribution in [1.82, 2.24) is 29.6 Å². The first-order valence-electron chi connectivity index (χ1n) is 12.8. The fraction of sp³-hybridized carbons (Fsp3) is 0.286. The highest BCUT2D eigenvalue weighted by molar-refractivity contribution is 5.98. The van der Waals surface area contributed by atoms with Crippen LogP contribution in [0.3, 0.4) is 0 Å². The van der Waals surface area contributed by atoms with Crippen LogP contribution in [0.25, 0.3) is 22.3 Å². The molecule has 4 aromatic rings. The SMILES string of the molecule is N#CC(=CC1CC1)C(=O)N1CCC[C@@H](n2nc(-c3cnc(Oc4ccccc4)c(F)c3)c3c(N)ncnc32)C1. The molecule has 2 aliphatic rings. The maximum absolute atomic E-state index is 15.1. The summed E-state index contributed by atoms with van der Waals surface area (Å²) in [7, 11) is 0. The second kappa shape index (κ2) is 10.1. The van der Waals surface area contributed by atoms with E-state index in [1.54, 1.807) is 39.9 Å². The number of allylic oxidation sites excluding steroid dienone is 1. The van der Waals surface area contributed by atoms with E-state index in [0.29, 0.717) is 47.0 Å². The molecule has 4 heterocycles. The van der Waals surface area contributed by atoms with Crippen LogP contribution in [0.2, 0.25) is 0 Å². The number of para-hydroxylation sites is 1. The van der Waals surface area contributed by atoms with Crippen LogP contribution in [0.15, 0.2) is 60.6 Å². The topological polar surface area (TPSA) is 136 Å². The molecule has 1 aromatic carbocycles. The fourth-order valence-corrected chi connectivity index (χ4v) is 4.85. The van der Waals surface area contributed by atoms with Crippen LogP contribution in [0.5, 0.6) is 11.6 Å². The van der Waals surface area contributed by atoms with E-state index < -0.39 is 5.82 Å². The van der Waals surface area contributed by atoms with Gasteiger partial charge < -0.3 is 15.4 Å². The number of anilines is 1. The van der Waals surface area contributed by atoms with Gasteiger partial charge in [0.05, 0.1) is 11.4 Å². The Morgan fingerprint density at radius 2 is 2.00 bits per heavy atom. The summed E-state index contributed by atoms with van der Waals surface area (Å²) in [5.41, 5.74) is 7.69. The number of nitrogens with two attached hydrogens (primary N) is 1. The van der Waals surface area contributed by atoms with Crippen molar-refractivity contribution < 1.29 is 13.9 Å². The molecular weight excluding hydrogens is 499 g/mol. The molecule has 0 unspecified atom stereocenters. The first-order chi connectivity index (χ1) is 19.0. The Labute approximate surface area is 223 Å². The molecule has 0 spiro atoms. The second-order valence-corrected chi connectivity index (χ2v) is 9.75. The molecule has 196 valence electrons. The number of carbonyl (C=O) groups is 1. The predicted octanol–water partition coefficient (Wildman–Crippen LogP) is 4.43. The van der Waals surface area contributed by atoms with Crippen molar-refractivity contribution in [1.29, 1.82) is 5.26 Å². The molecule has 1 amide bonds. The van der Waals surface area contributed by atoms with Crippen LogP contribution in [0.4, 0.5) is 10.2 Å². The maximum Gasteiger partial charge on any atom is 0.264 e. The van der Waals surface area contributed by atoms with Crippen molar-refractivity contribution in [2.24, 2.45) is 5.92 Å². The van der Waals surface area contributed by atoms with Gasteiger partial charge >= 0.3 is 0 Å². The van der Waals surface area contributed by atoms with Crippen LogP contribution in [0.1, 0.15) is 31.7 Å². The Morgan fingerprint density at radius 1 is 1.18 bits per heavy atom. The van der Waals surface area contributed by atoms with Gasteiger partial charge in [-0.3, -0.25) is 4.79 Å². The van der Waals surface area contributed by atoms with E-state index in [1.165, 1.54) is 18.6 Å². The van der Waals surface area contributed by atoms with E-state index in [0.717, 1.165) is 25.7 Å². The van der Waals surface area contributed by atoms with Gasteiger partial charge in [-0.2, -0.15) is 10.4 Å². The number of carbonyl (C=O) groups excluding carboxylic acids is 1. The number of hydrogen-bond acceptors (Lipinski definition) is 8. The maximum atomic E-state index is 15.1. The Balaban J connectivity index is 1.33. The molecule has 3 aromatic heterocycles. The van der Waals surface area contributed by atoms with Gasteiger partial charge in [0.2, 0.25) is 0 Å². The molecule has 1 aliphatic heterocycles. The second-order valence-electron chi connectivity index (χ2n) is 9.75. The summed E-state index contributed by atoms with van der Waals surface area (Å²) >= 11 is 0. The average Bonchev–Trinajstić information content (AvgIpc) is 3.70. The van der Waals surface area contributed by atoms with Crippen molar-refractivity contribution in [3.63, 3.8) is 0 Å². The number of nitrogen functional groups attached to an aromatic ring is 1. The van der Waals surface area contributed by atoms with Gasteiger partial charge in [0.15, 0.2) is 11.5 Å². The summed E-state index contributed by atoms with van der Waals surface area (Å²) in [4.78, 5) is 27.5. The molecule has 0 bridgehead atoms. The van der Waals surface area contributed by atoms with Gasteiger partial charge in [-0.15, -0.1) is 0 Å². The van der Waals surface area contributed by atoms with Gasteiger partial charge in [-0.1, -0.05) is 24.3 Å². The number of halogens is 1. The van der Waals surface area contributed by atoms with E-state index in [4.69, 9.17) is 15.6 Å². The Kier molecular flexibility index (Phi) is 6.36. The largest absolute Gasteiger partial charge is 0.436 e. The standard InChI is InChI=1S/C28H25FN8O2/c29-22-12-19(14-32-27(22)39-21-6-2-1-3-7-21)24-23-25(31)33-16-34-26(23)37(35-24)20-5-4-10-36(15-20)28(38)18(13-30)11-17-8-9-17/h1-3,6-7,11-12,14,16-17,20H,4-5,8-10,15H2,(H2,31,33,34)/t20-/m1/s1. The quantitative estimate of drug-likeness (QED) is 0.289. The zero-order valence-corrected chi connectivity index (χ0v) is 21.0. The third-order valence-corrected chi connectivity index (χ3v) is 6.96. The molecule has 1 aliphatic carbocycles. The molecule has 10 nitrogen and oxygen atoms in total. The summed E-state index contributed by atoms with van der Waals surface area (Å²) in [6, 6.07) is 12.0. The number of rotatable bonds is 6. The summed E-state index contributed by atoms with van der Waals surface area (Å²) in [5, 5.41) is 14.8. The van der Waals surface area contributed by atoms with Gasteiger partial charge in [-0.25, -0.2) is 24.0 Å². The van der Waals surface area contributed by atoms with Crippen LogP contribution in [-0.2, 0) is 4.79 Å². The summed E-state index contributed by atoms with van der Waals surface area (Å²) < 4.78 is 22.4. The lowest BCUT2D eigenvalue weighted by Gasteiger charge is -2.32. The first kappa shape index (κ1) is 24.5. The van der Waals surface area contributed by atoms with Crippen molar-refractivity contribution in [3.05, 3.63) is 66.4 Å². The number of nitrogens with zero attached hydrogens (tertiary/aromatic N) is 7. The Morgan fingerprint density at radius 3 is 2.74 bits per heavy atom. The van der Waals surface area contributed by atoms with Gasteiger partial charge in [0.1, 0.15) is 35.2 Å². The first-order valence-corrected chi connectivity index (χ1v) is 12.8. The molecule has 2 N–H and O–H groups in total. The summed E-state index contributed by atoms with van der Waals surface area (Å²) in [5.74, 6) is -0.0939. The minimum atomic E-state index is -0.657. The zero-order valence-electron chi connectivity index (χ0n) is 21.0. The highest BCUT2D eigenvalue weighted by Gasteiger charge is 2.31. The van der Waals surface area contributed by atoms with E-state index >= 15 is 4.39 Å². The summed E-state index contributed by atoms with van der Waals surface area (Å²) in [6.45, 7) is 0.916. The number of benzene rings is 1. The number of pyridine rings is 1. The minimum absolute atomic E-state index is 0.160. The van der Waals surface area contributed by atoms with Gasteiger partial charge in [0, 0.05) is 24.8 Å². The molecule has 6 rings (SSSR count). The number of ether oxygens (including phenoxy) is 1. The Bertz CT molecular complexity index is 1620. The number of aromatic nitrogens is 5. The smallest absolute Gasteiger partial charge is 0.264 e. The molecule has 0 radical (unpaired) electrons.